The topological polar surface area (TPSA) is 139 Å². The molecule has 5 saturated carbocycles. The number of aromatic nitrogens is 2. The molecule has 0 unspecified atom stereocenters. The fraction of sp³-hybridized carbons (Fsp3) is 0.795. The summed E-state index contributed by atoms with van der Waals surface area (Å²) in [7, 11) is 0. The number of aliphatic hydroxyl groups excluding tert-OH is 1. The van der Waals surface area contributed by atoms with Crippen LogP contribution in [0, 0.1) is 56.2 Å². The SMILES string of the molecule is CC(C)C1=C2[C@H]3CC[C@@H]4[C@@]5(C)CC[C@H](OC(=O)CC(C)(C)C(=O)O)C(C)(C)[C@@H]5CC[C@@]4(C)[C@]3(C)CC[C@@]2([C@H](O)CNC2(c3ncc(Cl)cn3)CC2)CC1=O. The molecule has 6 aliphatic rings. The Bertz CT molecular complexity index is 1730. The van der Waals surface area contributed by atoms with E-state index in [2.05, 4.69) is 63.8 Å². The third kappa shape index (κ3) is 5.85. The van der Waals surface area contributed by atoms with Crippen LogP contribution in [0.25, 0.3) is 0 Å². The molecule has 0 aromatic carbocycles. The minimum Gasteiger partial charge on any atom is -0.481 e. The lowest BCUT2D eigenvalue weighted by molar-refractivity contribution is -0.235. The van der Waals surface area contributed by atoms with Gasteiger partial charge in [-0.25, -0.2) is 9.97 Å². The fourth-order valence-electron chi connectivity index (χ4n) is 13.6. The minimum atomic E-state index is -1.17. The highest BCUT2D eigenvalue weighted by Gasteiger charge is 2.71. The number of carbonyl (C=O) groups excluding carboxylic acids is 2. The number of aliphatic carboxylic acids is 1. The molecule has 1 aromatic heterocycles. The van der Waals surface area contributed by atoms with Crippen molar-refractivity contribution in [3.05, 3.63) is 34.4 Å². The number of carbonyl (C=O) groups is 3. The molecular formula is C44H64ClN3O6. The van der Waals surface area contributed by atoms with Gasteiger partial charge in [-0.3, -0.25) is 14.4 Å². The summed E-state index contributed by atoms with van der Waals surface area (Å²) in [5.41, 5.74) is -0.0709. The maximum absolute atomic E-state index is 14.1. The van der Waals surface area contributed by atoms with Gasteiger partial charge in [0.2, 0.25) is 0 Å². The Kier molecular flexibility index (Phi) is 9.66. The van der Waals surface area contributed by atoms with Crippen LogP contribution in [0.15, 0.2) is 23.5 Å². The van der Waals surface area contributed by atoms with E-state index in [1.165, 1.54) is 5.57 Å². The molecule has 0 aliphatic heterocycles. The molecule has 7 rings (SSSR count). The first-order chi connectivity index (χ1) is 25.1. The van der Waals surface area contributed by atoms with Crippen molar-refractivity contribution in [2.24, 2.45) is 56.2 Å². The summed E-state index contributed by atoms with van der Waals surface area (Å²) in [6.07, 6.45) is 12.0. The standard InChI is InChI=1S/C44H64ClN3O6/c1-25(2)34-28(49)20-43(31(50)24-48-44(18-19-44)36-46-22-26(45)23-47-36)17-16-41(8)27(35(34)43)10-11-30-40(7)14-13-32(54-33(51)21-38(3,4)37(52)53)39(5,6)29(40)12-15-42(30,41)9/h22-23,25,27,29-32,48,50H,10-21,24H2,1-9H3,(H,52,53)/t27-,29+,30-,31-,32+,40+,41-,42-,43+/m1/s1. The van der Waals surface area contributed by atoms with Crippen LogP contribution in [0.4, 0.5) is 0 Å². The fourth-order valence-corrected chi connectivity index (χ4v) is 13.7. The first-order valence-electron chi connectivity index (χ1n) is 20.7. The van der Waals surface area contributed by atoms with Crippen LogP contribution in [0.3, 0.4) is 0 Å². The lowest BCUT2D eigenvalue weighted by atomic mass is 9.33. The Morgan fingerprint density at radius 3 is 2.22 bits per heavy atom. The third-order valence-corrected chi connectivity index (χ3v) is 17.1. The molecule has 6 aliphatic carbocycles. The first-order valence-corrected chi connectivity index (χ1v) is 21.1. The number of aliphatic hydroxyl groups is 1. The second kappa shape index (κ2) is 13.1. The van der Waals surface area contributed by atoms with Gasteiger partial charge >= 0.3 is 11.9 Å². The van der Waals surface area contributed by atoms with E-state index in [4.69, 9.17) is 16.3 Å². The first kappa shape index (κ1) is 39.9. The summed E-state index contributed by atoms with van der Waals surface area (Å²) in [6, 6.07) is 0. The molecule has 298 valence electrons. The highest BCUT2D eigenvalue weighted by molar-refractivity contribution is 6.30. The van der Waals surface area contributed by atoms with Gasteiger partial charge in [0.1, 0.15) is 11.9 Å². The Labute approximate surface area is 327 Å². The van der Waals surface area contributed by atoms with Gasteiger partial charge in [-0.2, -0.15) is 0 Å². The smallest absolute Gasteiger partial charge is 0.309 e. The molecule has 0 amide bonds. The molecule has 3 N–H and O–H groups in total. The molecule has 10 heteroatoms. The van der Waals surface area contributed by atoms with Gasteiger partial charge in [-0.1, -0.05) is 65.6 Å². The van der Waals surface area contributed by atoms with Crippen molar-refractivity contribution in [3.8, 4) is 0 Å². The van der Waals surface area contributed by atoms with E-state index in [-0.39, 0.29) is 57.3 Å². The minimum absolute atomic E-state index is 0.0341. The number of halogens is 1. The number of fused-ring (bicyclic) bond motifs is 7. The Balaban J connectivity index is 1.15. The second-order valence-corrected chi connectivity index (χ2v) is 21.2. The number of hydrogen-bond donors (Lipinski definition) is 3. The molecule has 5 fully saturated rings. The van der Waals surface area contributed by atoms with Gasteiger partial charge in [0.15, 0.2) is 5.78 Å². The van der Waals surface area contributed by atoms with Crippen LogP contribution in [-0.4, -0.2) is 56.7 Å². The van der Waals surface area contributed by atoms with Crippen molar-refractivity contribution >= 4 is 29.3 Å². The van der Waals surface area contributed by atoms with E-state index >= 15 is 0 Å². The van der Waals surface area contributed by atoms with E-state index in [0.29, 0.717) is 35.6 Å². The van der Waals surface area contributed by atoms with Gasteiger partial charge in [0, 0.05) is 36.2 Å². The van der Waals surface area contributed by atoms with Crippen LogP contribution in [-0.2, 0) is 24.7 Å². The number of Topliss-reactive ketones (excluding diaryl/α,β-unsaturated/α-hetero) is 1. The molecule has 1 aromatic rings. The molecule has 9 nitrogen and oxygen atoms in total. The zero-order chi connectivity index (χ0) is 39.4. The number of carboxylic acid groups (broad SMARTS) is 1. The number of nitrogens with one attached hydrogen (secondary N) is 1. The lowest BCUT2D eigenvalue weighted by Crippen LogP contribution is -2.66. The van der Waals surface area contributed by atoms with E-state index in [1.54, 1.807) is 26.2 Å². The number of nitrogens with zero attached hydrogens (tertiary/aromatic N) is 2. The summed E-state index contributed by atoms with van der Waals surface area (Å²) in [4.78, 5) is 48.0. The van der Waals surface area contributed by atoms with E-state index in [9.17, 15) is 24.6 Å². The van der Waals surface area contributed by atoms with Crippen LogP contribution in [0.5, 0.6) is 0 Å². The van der Waals surface area contributed by atoms with Gasteiger partial charge in [0.25, 0.3) is 0 Å². The number of ether oxygens (including phenoxy) is 1. The molecule has 0 bridgehead atoms. The average Bonchev–Trinajstić information content (AvgIpc) is 3.80. The molecule has 1 heterocycles. The molecule has 9 atom stereocenters. The molecular weight excluding hydrogens is 702 g/mol. The largest absolute Gasteiger partial charge is 0.481 e. The summed E-state index contributed by atoms with van der Waals surface area (Å²) in [6.45, 7) is 20.0. The van der Waals surface area contributed by atoms with Crippen molar-refractivity contribution in [1.29, 1.82) is 0 Å². The normalized spacial score (nSPS) is 38.6. The zero-order valence-electron chi connectivity index (χ0n) is 34.1. The predicted octanol–water partition coefficient (Wildman–Crippen LogP) is 8.46. The Hall–Kier alpha value is -2.36. The predicted molar refractivity (Wildman–Crippen MR) is 207 cm³/mol. The van der Waals surface area contributed by atoms with Gasteiger partial charge in [-0.15, -0.1) is 0 Å². The number of esters is 1. The quantitative estimate of drug-likeness (QED) is 0.200. The number of ketones is 1. The lowest BCUT2D eigenvalue weighted by Gasteiger charge is -2.72. The number of hydrogen-bond acceptors (Lipinski definition) is 8. The van der Waals surface area contributed by atoms with Crippen molar-refractivity contribution in [2.75, 3.05) is 6.54 Å². The summed E-state index contributed by atoms with van der Waals surface area (Å²) >= 11 is 6.09. The number of rotatable bonds is 10. The van der Waals surface area contributed by atoms with Crippen LogP contribution in [0.2, 0.25) is 5.02 Å². The van der Waals surface area contributed by atoms with Crippen molar-refractivity contribution in [3.63, 3.8) is 0 Å². The van der Waals surface area contributed by atoms with Crippen LogP contribution < -0.4 is 5.32 Å². The highest BCUT2D eigenvalue weighted by atomic mass is 35.5. The zero-order valence-corrected chi connectivity index (χ0v) is 34.9. The van der Waals surface area contributed by atoms with E-state index in [0.717, 1.165) is 69.8 Å². The Morgan fingerprint density at radius 1 is 0.944 bits per heavy atom. The average molecular weight is 766 g/mol. The third-order valence-electron chi connectivity index (χ3n) is 16.9. The monoisotopic (exact) mass is 765 g/mol. The van der Waals surface area contributed by atoms with Gasteiger partial charge in [-0.05, 0) is 124 Å². The van der Waals surface area contributed by atoms with Crippen molar-refractivity contribution < 1.29 is 29.3 Å². The maximum atomic E-state index is 14.1. The van der Waals surface area contributed by atoms with Crippen LogP contribution >= 0.6 is 11.6 Å². The molecule has 0 radical (unpaired) electrons. The van der Waals surface area contributed by atoms with E-state index in [1.807, 2.05) is 0 Å². The molecule has 0 spiro atoms. The maximum Gasteiger partial charge on any atom is 0.309 e. The van der Waals surface area contributed by atoms with Crippen LogP contribution in [0.1, 0.15) is 145 Å². The Morgan fingerprint density at radius 2 is 1.61 bits per heavy atom. The van der Waals surface area contributed by atoms with Gasteiger partial charge < -0.3 is 20.3 Å². The molecule has 0 saturated heterocycles. The van der Waals surface area contributed by atoms with Crippen molar-refractivity contribution in [1.82, 2.24) is 15.3 Å². The van der Waals surface area contributed by atoms with Crippen molar-refractivity contribution in [2.45, 2.75) is 157 Å². The number of carboxylic acids is 1. The second-order valence-electron chi connectivity index (χ2n) is 20.8. The summed E-state index contributed by atoms with van der Waals surface area (Å²) < 4.78 is 6.17. The van der Waals surface area contributed by atoms with E-state index < -0.39 is 28.9 Å². The highest BCUT2D eigenvalue weighted by Crippen LogP contribution is 2.77. The summed E-state index contributed by atoms with van der Waals surface area (Å²) in [5, 5.41) is 26.2. The molecule has 54 heavy (non-hydrogen) atoms. The summed E-state index contributed by atoms with van der Waals surface area (Å²) in [5.74, 6) is 0.654. The van der Waals surface area contributed by atoms with Gasteiger partial charge in [0.05, 0.1) is 28.5 Å². The number of allylic oxidation sites excluding steroid dienone is 1.